The number of rotatable bonds is 7. The fourth-order valence-electron chi connectivity index (χ4n) is 4.38. The Kier molecular flexibility index (Phi) is 7.31. The van der Waals surface area contributed by atoms with Crippen LogP contribution in [0.4, 0.5) is 15.9 Å². The van der Waals surface area contributed by atoms with E-state index in [1.807, 2.05) is 12.1 Å². The number of piperidine rings is 1. The fourth-order valence-corrected chi connectivity index (χ4v) is 5.46. The second-order valence-electron chi connectivity index (χ2n) is 8.79. The maximum atomic E-state index is 13.5. The molecule has 0 aliphatic carbocycles. The molecule has 11 heteroatoms. The summed E-state index contributed by atoms with van der Waals surface area (Å²) in [6.45, 7) is 2.07. The van der Waals surface area contributed by atoms with E-state index < -0.39 is 11.8 Å². The van der Waals surface area contributed by atoms with E-state index in [0.717, 1.165) is 31.5 Å². The topological polar surface area (TPSA) is 107 Å². The third-order valence-electron chi connectivity index (χ3n) is 6.30. The molecule has 1 amide bonds. The number of thiophene rings is 1. The van der Waals surface area contributed by atoms with Crippen molar-refractivity contribution in [3.8, 4) is 0 Å². The number of amides is 1. The summed E-state index contributed by atoms with van der Waals surface area (Å²) < 4.78 is 13.5. The quantitative estimate of drug-likeness (QED) is 0.292. The van der Waals surface area contributed by atoms with Crippen molar-refractivity contribution in [2.24, 2.45) is 0 Å². The number of aromatic nitrogens is 2. The molecule has 8 nitrogen and oxygen atoms in total. The zero-order chi connectivity index (χ0) is 25.9. The lowest BCUT2D eigenvalue weighted by Crippen LogP contribution is -2.44. The number of hydrogen-bond acceptors (Lipinski definition) is 7. The van der Waals surface area contributed by atoms with E-state index in [1.165, 1.54) is 29.8 Å². The van der Waals surface area contributed by atoms with Crippen molar-refractivity contribution in [2.45, 2.75) is 25.4 Å². The molecule has 1 aliphatic heterocycles. The molecule has 0 atom stereocenters. The summed E-state index contributed by atoms with van der Waals surface area (Å²) in [5, 5.41) is 16.3. The molecule has 0 spiro atoms. The molecule has 2 aromatic carbocycles. The lowest BCUT2D eigenvalue weighted by molar-refractivity contribution is 0.0692. The van der Waals surface area contributed by atoms with Crippen LogP contribution in [0, 0.1) is 5.82 Å². The van der Waals surface area contributed by atoms with Gasteiger partial charge < -0.3 is 15.7 Å². The smallest absolute Gasteiger partial charge is 0.336 e. The van der Waals surface area contributed by atoms with Crippen molar-refractivity contribution in [1.29, 1.82) is 0 Å². The summed E-state index contributed by atoms with van der Waals surface area (Å²) in [5.41, 5.74) is 1.68. The van der Waals surface area contributed by atoms with E-state index in [4.69, 9.17) is 11.6 Å². The number of halogens is 2. The Labute approximate surface area is 221 Å². The van der Waals surface area contributed by atoms with Gasteiger partial charge in [0.1, 0.15) is 22.8 Å². The van der Waals surface area contributed by atoms with Gasteiger partial charge in [-0.25, -0.2) is 19.2 Å². The van der Waals surface area contributed by atoms with Gasteiger partial charge in [0.05, 0.1) is 20.8 Å². The largest absolute Gasteiger partial charge is 0.478 e. The van der Waals surface area contributed by atoms with Gasteiger partial charge in [-0.2, -0.15) is 0 Å². The molecule has 0 radical (unpaired) electrons. The van der Waals surface area contributed by atoms with Gasteiger partial charge in [-0.15, -0.1) is 11.3 Å². The summed E-state index contributed by atoms with van der Waals surface area (Å²) in [4.78, 5) is 36.4. The van der Waals surface area contributed by atoms with Crippen LogP contribution in [0.25, 0.3) is 10.2 Å². The number of carboxylic acids is 1. The van der Waals surface area contributed by atoms with Crippen molar-refractivity contribution in [1.82, 2.24) is 20.2 Å². The van der Waals surface area contributed by atoms with Gasteiger partial charge in [-0.1, -0.05) is 29.8 Å². The molecule has 37 heavy (non-hydrogen) atoms. The fraction of sp³-hybridized carbons (Fsp3) is 0.231. The Morgan fingerprint density at radius 2 is 1.92 bits per heavy atom. The van der Waals surface area contributed by atoms with Gasteiger partial charge >= 0.3 is 5.97 Å². The number of carbonyl (C=O) groups excluding carboxylic acids is 1. The Hall–Kier alpha value is -3.60. The van der Waals surface area contributed by atoms with Crippen LogP contribution in [-0.4, -0.2) is 51.0 Å². The molecule has 190 valence electrons. The standard InChI is InChI=1S/C26H23ClFN5O3S/c27-20-11-17(5-6-21(20)28)31-23-19-12-22(37-25(19)30-14-29-23)24(34)32-16-7-9-33(10-8-16)13-15-3-1-2-4-18(15)26(35)36/h1-6,11-12,14,16H,7-10,13H2,(H,32,34)(H,35,36)(H,29,30,31). The molecule has 3 heterocycles. The third-order valence-corrected chi connectivity index (χ3v) is 7.63. The number of benzene rings is 2. The van der Waals surface area contributed by atoms with Crippen molar-refractivity contribution in [3.05, 3.63) is 81.7 Å². The van der Waals surface area contributed by atoms with E-state index in [9.17, 15) is 19.1 Å². The molecule has 0 bridgehead atoms. The van der Waals surface area contributed by atoms with E-state index in [0.29, 0.717) is 38.7 Å². The molecule has 0 unspecified atom stereocenters. The van der Waals surface area contributed by atoms with Crippen molar-refractivity contribution >= 4 is 56.5 Å². The van der Waals surface area contributed by atoms with Gasteiger partial charge in [-0.05, 0) is 48.7 Å². The molecular weight excluding hydrogens is 517 g/mol. The first-order valence-corrected chi connectivity index (χ1v) is 12.9. The van der Waals surface area contributed by atoms with Crippen LogP contribution in [-0.2, 0) is 6.54 Å². The molecule has 1 fully saturated rings. The summed E-state index contributed by atoms with van der Waals surface area (Å²) >= 11 is 7.16. The first-order chi connectivity index (χ1) is 17.9. The van der Waals surface area contributed by atoms with Gasteiger partial charge in [-0.3, -0.25) is 9.69 Å². The van der Waals surface area contributed by atoms with Crippen molar-refractivity contribution in [3.63, 3.8) is 0 Å². The first kappa shape index (κ1) is 25.1. The van der Waals surface area contributed by atoms with Crippen LogP contribution in [0.5, 0.6) is 0 Å². The third kappa shape index (κ3) is 5.71. The number of carbonyl (C=O) groups is 2. The summed E-state index contributed by atoms with van der Waals surface area (Å²) in [6.07, 6.45) is 2.94. The second kappa shape index (κ2) is 10.8. The average Bonchev–Trinajstić information content (AvgIpc) is 3.33. The normalized spacial score (nSPS) is 14.5. The number of carboxylic acid groups (broad SMARTS) is 1. The highest BCUT2D eigenvalue weighted by Gasteiger charge is 2.23. The molecule has 1 aliphatic rings. The Morgan fingerprint density at radius 1 is 1.14 bits per heavy atom. The monoisotopic (exact) mass is 539 g/mol. The van der Waals surface area contributed by atoms with E-state index in [1.54, 1.807) is 24.3 Å². The van der Waals surface area contributed by atoms with Crippen LogP contribution in [0.3, 0.4) is 0 Å². The lowest BCUT2D eigenvalue weighted by atomic mass is 10.0. The number of likely N-dealkylation sites (tertiary alicyclic amines) is 1. The van der Waals surface area contributed by atoms with Crippen LogP contribution in [0.15, 0.2) is 54.9 Å². The zero-order valence-electron chi connectivity index (χ0n) is 19.6. The molecule has 2 aromatic heterocycles. The maximum Gasteiger partial charge on any atom is 0.336 e. The van der Waals surface area contributed by atoms with Crippen molar-refractivity contribution < 1.29 is 19.1 Å². The molecule has 1 saturated heterocycles. The van der Waals surface area contributed by atoms with Crippen LogP contribution in [0.1, 0.15) is 38.4 Å². The van der Waals surface area contributed by atoms with Gasteiger partial charge in [0.2, 0.25) is 0 Å². The number of fused-ring (bicyclic) bond motifs is 1. The van der Waals surface area contributed by atoms with Gasteiger partial charge in [0.15, 0.2) is 0 Å². The SMILES string of the molecule is O=C(NC1CCN(Cc2ccccc2C(=O)O)CC1)c1cc2c(Nc3ccc(F)c(Cl)c3)ncnc2s1. The van der Waals surface area contributed by atoms with E-state index in [2.05, 4.69) is 25.5 Å². The zero-order valence-corrected chi connectivity index (χ0v) is 21.2. The van der Waals surface area contributed by atoms with E-state index >= 15 is 0 Å². The number of aromatic carboxylic acids is 1. The highest BCUT2D eigenvalue weighted by molar-refractivity contribution is 7.20. The number of nitrogens with zero attached hydrogens (tertiary/aromatic N) is 3. The van der Waals surface area contributed by atoms with E-state index in [-0.39, 0.29) is 17.0 Å². The predicted molar refractivity (Wildman–Crippen MR) is 141 cm³/mol. The lowest BCUT2D eigenvalue weighted by Gasteiger charge is -2.32. The summed E-state index contributed by atoms with van der Waals surface area (Å²) in [6, 6.07) is 13.1. The minimum Gasteiger partial charge on any atom is -0.478 e. The number of anilines is 2. The Bertz CT molecular complexity index is 1470. The highest BCUT2D eigenvalue weighted by Crippen LogP contribution is 2.31. The molecular formula is C26H23ClFN5O3S. The van der Waals surface area contributed by atoms with Crippen LogP contribution >= 0.6 is 22.9 Å². The highest BCUT2D eigenvalue weighted by atomic mass is 35.5. The molecule has 4 aromatic rings. The number of nitrogens with one attached hydrogen (secondary N) is 2. The van der Waals surface area contributed by atoms with Gasteiger partial charge in [0, 0.05) is 31.4 Å². The molecule has 3 N–H and O–H groups in total. The molecule has 0 saturated carbocycles. The predicted octanol–water partition coefficient (Wildman–Crippen LogP) is 5.32. The summed E-state index contributed by atoms with van der Waals surface area (Å²) in [5.74, 6) is -1.11. The van der Waals surface area contributed by atoms with Crippen molar-refractivity contribution in [2.75, 3.05) is 18.4 Å². The Morgan fingerprint density at radius 3 is 2.68 bits per heavy atom. The molecule has 5 rings (SSSR count). The second-order valence-corrected chi connectivity index (χ2v) is 10.2. The summed E-state index contributed by atoms with van der Waals surface area (Å²) in [7, 11) is 0. The number of hydrogen-bond donors (Lipinski definition) is 3. The average molecular weight is 540 g/mol. The first-order valence-electron chi connectivity index (χ1n) is 11.7. The van der Waals surface area contributed by atoms with Crippen LogP contribution < -0.4 is 10.6 Å². The van der Waals surface area contributed by atoms with Crippen LogP contribution in [0.2, 0.25) is 5.02 Å². The maximum absolute atomic E-state index is 13.5. The Balaban J connectivity index is 1.21. The minimum absolute atomic E-state index is 0.00201. The van der Waals surface area contributed by atoms with Gasteiger partial charge in [0.25, 0.3) is 5.91 Å². The minimum atomic E-state index is -0.925.